The number of hydrogen-bond donors (Lipinski definition) is 3. The number of alkyl halides is 2. The van der Waals surface area contributed by atoms with Crippen LogP contribution in [-0.4, -0.2) is 22.0 Å². The molecule has 0 unspecified atom stereocenters. The molecule has 4 N–H and O–H groups in total. The van der Waals surface area contributed by atoms with Gasteiger partial charge in [-0.2, -0.15) is 0 Å². The minimum atomic E-state index is -1.17. The zero-order valence-electron chi connectivity index (χ0n) is 13.4. The first-order valence-electron chi connectivity index (χ1n) is 7.29. The van der Waals surface area contributed by atoms with Crippen molar-refractivity contribution in [2.75, 3.05) is 23.0 Å². The summed E-state index contributed by atoms with van der Waals surface area (Å²) in [7, 11) is 0. The van der Waals surface area contributed by atoms with E-state index in [1.165, 1.54) is 19.1 Å². The Hall–Kier alpha value is -2.25. The van der Waals surface area contributed by atoms with Crippen LogP contribution in [0.15, 0.2) is 36.4 Å². The van der Waals surface area contributed by atoms with Gasteiger partial charge in [0.05, 0.1) is 5.69 Å². The molecule has 25 heavy (non-hydrogen) atoms. The van der Waals surface area contributed by atoms with E-state index in [0.717, 1.165) is 5.56 Å². The topological polar surface area (TPSA) is 89.3 Å². The maximum Gasteiger partial charge on any atom is 0.411 e. The Balaban J connectivity index is 1.91. The van der Waals surface area contributed by atoms with E-state index in [0.29, 0.717) is 18.1 Å². The molecule has 0 fully saturated rings. The van der Waals surface area contributed by atoms with E-state index in [1.54, 1.807) is 24.3 Å². The lowest BCUT2D eigenvalue weighted by molar-refractivity contribution is 0.159. The molecule has 9 heteroatoms. The van der Waals surface area contributed by atoms with Crippen molar-refractivity contribution in [3.8, 4) is 0 Å². The van der Waals surface area contributed by atoms with E-state index in [4.69, 9.17) is 33.7 Å². The number of nitrogens with two attached hydrogens (primary N) is 1. The fraction of sp³-hybridized carbons (Fsp3) is 0.250. The minimum absolute atomic E-state index is 0.112. The van der Waals surface area contributed by atoms with Gasteiger partial charge in [-0.05, 0) is 36.8 Å². The monoisotopic (exact) mass is 386 g/mol. The van der Waals surface area contributed by atoms with Crippen molar-refractivity contribution in [3.63, 3.8) is 0 Å². The van der Waals surface area contributed by atoms with E-state index in [-0.39, 0.29) is 18.2 Å². The number of anilines is 3. The van der Waals surface area contributed by atoms with Gasteiger partial charge in [-0.3, -0.25) is 5.32 Å². The first-order chi connectivity index (χ1) is 11.7. The van der Waals surface area contributed by atoms with Gasteiger partial charge in [0.15, 0.2) is 0 Å². The Labute approximate surface area is 154 Å². The van der Waals surface area contributed by atoms with E-state index in [1.807, 2.05) is 0 Å². The van der Waals surface area contributed by atoms with Crippen LogP contribution in [0.3, 0.4) is 0 Å². The van der Waals surface area contributed by atoms with Crippen molar-refractivity contribution in [2.45, 2.75) is 17.8 Å². The van der Waals surface area contributed by atoms with Crippen molar-refractivity contribution >= 4 is 46.6 Å². The average Bonchev–Trinajstić information content (AvgIpc) is 2.54. The van der Waals surface area contributed by atoms with Crippen LogP contribution in [0.4, 0.5) is 26.5 Å². The van der Waals surface area contributed by atoms with Crippen molar-refractivity contribution in [1.82, 2.24) is 4.98 Å². The number of nitrogens with one attached hydrogen (secondary N) is 2. The highest BCUT2D eigenvalue weighted by Crippen LogP contribution is 2.22. The number of nitrogen functional groups attached to an aromatic ring is 1. The highest BCUT2D eigenvalue weighted by atomic mass is 35.5. The number of ether oxygens (including phenoxy) is 1. The number of nitrogens with zero attached hydrogens (tertiary/aromatic N) is 1. The molecule has 1 aromatic heterocycles. The molecular weight excluding hydrogens is 370 g/mol. The summed E-state index contributed by atoms with van der Waals surface area (Å²) in [6, 6.07) is 9.31. The van der Waals surface area contributed by atoms with Gasteiger partial charge in [-0.1, -0.05) is 35.3 Å². The summed E-state index contributed by atoms with van der Waals surface area (Å²) in [6.45, 7) is 1.78. The third-order valence-electron chi connectivity index (χ3n) is 3.01. The third-order valence-corrected chi connectivity index (χ3v) is 3.22. The van der Waals surface area contributed by atoms with Crippen molar-refractivity contribution in [3.05, 3.63) is 47.8 Å². The number of carbonyl (C=O) groups is 1. The fourth-order valence-corrected chi connectivity index (χ4v) is 1.92. The zero-order valence-corrected chi connectivity index (χ0v) is 14.9. The SMILES string of the molecule is CC(Cl)(Cl)COC(=O)Nc1ccc(NCc2ccc(F)cc2)nc1N. The number of hydrogen-bond acceptors (Lipinski definition) is 5. The normalized spacial score (nSPS) is 11.0. The number of amides is 1. The highest BCUT2D eigenvalue weighted by molar-refractivity contribution is 6.48. The average molecular weight is 387 g/mol. The van der Waals surface area contributed by atoms with Gasteiger partial charge in [0.2, 0.25) is 0 Å². The van der Waals surface area contributed by atoms with Crippen LogP contribution in [0.5, 0.6) is 0 Å². The standard InChI is InChI=1S/C16H17Cl2FN4O2/c1-16(17,18)9-25-15(24)22-12-6-7-13(23-14(12)20)21-8-10-2-4-11(19)5-3-10/h2-7H,8-9H2,1H3,(H,22,24)(H3,20,21,23). The molecule has 0 saturated heterocycles. The largest absolute Gasteiger partial charge is 0.446 e. The molecule has 1 amide bonds. The maximum atomic E-state index is 12.9. The number of aromatic nitrogens is 1. The summed E-state index contributed by atoms with van der Waals surface area (Å²) in [5.41, 5.74) is 7.00. The number of benzene rings is 1. The quantitative estimate of drug-likeness (QED) is 0.648. The van der Waals surface area contributed by atoms with Crippen LogP contribution in [0.25, 0.3) is 0 Å². The second-order valence-electron chi connectivity index (χ2n) is 5.38. The Kier molecular flexibility index (Phi) is 6.27. The summed E-state index contributed by atoms with van der Waals surface area (Å²) in [5, 5.41) is 5.51. The number of pyridine rings is 1. The van der Waals surface area contributed by atoms with Gasteiger partial charge in [0.25, 0.3) is 0 Å². The van der Waals surface area contributed by atoms with E-state index in [9.17, 15) is 9.18 Å². The fourth-order valence-electron chi connectivity index (χ4n) is 1.81. The zero-order chi connectivity index (χ0) is 18.4. The molecule has 1 aromatic carbocycles. The van der Waals surface area contributed by atoms with Gasteiger partial charge >= 0.3 is 6.09 Å². The van der Waals surface area contributed by atoms with Crippen LogP contribution in [0, 0.1) is 5.82 Å². The van der Waals surface area contributed by atoms with Gasteiger partial charge < -0.3 is 15.8 Å². The molecule has 2 aromatic rings. The molecule has 0 bridgehead atoms. The third kappa shape index (κ3) is 6.64. The summed E-state index contributed by atoms with van der Waals surface area (Å²) < 4.78 is 16.6. The smallest absolute Gasteiger partial charge is 0.411 e. The van der Waals surface area contributed by atoms with Crippen LogP contribution in [-0.2, 0) is 11.3 Å². The van der Waals surface area contributed by atoms with Crippen molar-refractivity contribution in [1.29, 1.82) is 0 Å². The predicted octanol–water partition coefficient (Wildman–Crippen LogP) is 4.16. The predicted molar refractivity (Wildman–Crippen MR) is 97.5 cm³/mol. The number of halogens is 3. The van der Waals surface area contributed by atoms with Gasteiger partial charge in [-0.25, -0.2) is 14.2 Å². The first-order valence-corrected chi connectivity index (χ1v) is 8.05. The molecule has 6 nitrogen and oxygen atoms in total. The van der Waals surface area contributed by atoms with E-state index >= 15 is 0 Å². The molecule has 1 heterocycles. The second-order valence-corrected chi connectivity index (χ2v) is 7.24. The first kappa shape index (κ1) is 19.1. The number of rotatable bonds is 6. The Morgan fingerprint density at radius 2 is 1.96 bits per heavy atom. The van der Waals surface area contributed by atoms with Gasteiger partial charge in [-0.15, -0.1) is 0 Å². The lowest BCUT2D eigenvalue weighted by Crippen LogP contribution is -2.23. The molecule has 0 aliphatic carbocycles. The van der Waals surface area contributed by atoms with E-state index in [2.05, 4.69) is 15.6 Å². The molecule has 134 valence electrons. The molecular formula is C16H17Cl2FN4O2. The van der Waals surface area contributed by atoms with Gasteiger partial charge in [0, 0.05) is 6.54 Å². The maximum absolute atomic E-state index is 12.9. The van der Waals surface area contributed by atoms with Crippen LogP contribution >= 0.6 is 23.2 Å². The van der Waals surface area contributed by atoms with E-state index < -0.39 is 10.4 Å². The summed E-state index contributed by atoms with van der Waals surface area (Å²) in [4.78, 5) is 15.8. The van der Waals surface area contributed by atoms with Gasteiger partial charge in [0.1, 0.15) is 28.4 Å². The number of carbonyl (C=O) groups excluding carboxylic acids is 1. The molecule has 0 aliphatic heterocycles. The summed E-state index contributed by atoms with van der Waals surface area (Å²) >= 11 is 11.4. The summed E-state index contributed by atoms with van der Waals surface area (Å²) in [6.07, 6.45) is -0.743. The Bertz CT molecular complexity index is 736. The summed E-state index contributed by atoms with van der Waals surface area (Å²) in [5.74, 6) is 0.326. The molecule has 0 spiro atoms. The van der Waals surface area contributed by atoms with Crippen molar-refractivity contribution < 1.29 is 13.9 Å². The Morgan fingerprint density at radius 1 is 1.28 bits per heavy atom. The highest BCUT2D eigenvalue weighted by Gasteiger charge is 2.19. The van der Waals surface area contributed by atoms with Crippen molar-refractivity contribution in [2.24, 2.45) is 0 Å². The minimum Gasteiger partial charge on any atom is -0.446 e. The molecule has 0 saturated carbocycles. The lowest BCUT2D eigenvalue weighted by atomic mass is 10.2. The van der Waals surface area contributed by atoms with Crippen LogP contribution in [0.1, 0.15) is 12.5 Å². The molecule has 0 radical (unpaired) electrons. The molecule has 2 rings (SSSR count). The second kappa shape index (κ2) is 8.22. The Morgan fingerprint density at radius 3 is 2.56 bits per heavy atom. The molecule has 0 atom stereocenters. The van der Waals surface area contributed by atoms with Crippen LogP contribution < -0.4 is 16.4 Å². The molecule has 0 aliphatic rings. The van der Waals surface area contributed by atoms with Crippen LogP contribution in [0.2, 0.25) is 0 Å². The lowest BCUT2D eigenvalue weighted by Gasteiger charge is -2.14.